The van der Waals surface area contributed by atoms with E-state index in [4.69, 9.17) is 4.74 Å². The van der Waals surface area contributed by atoms with E-state index in [1.165, 1.54) is 23.0 Å². The van der Waals surface area contributed by atoms with Gasteiger partial charge >= 0.3 is 0 Å². The second kappa shape index (κ2) is 7.15. The van der Waals surface area contributed by atoms with E-state index in [1.54, 1.807) is 17.7 Å². The first kappa shape index (κ1) is 17.7. The van der Waals surface area contributed by atoms with Gasteiger partial charge in [-0.15, -0.1) is 11.3 Å². The number of rotatable bonds is 5. The number of benzene rings is 1. The van der Waals surface area contributed by atoms with Crippen molar-refractivity contribution in [3.05, 3.63) is 63.5 Å². The molecule has 1 aliphatic carbocycles. The summed E-state index contributed by atoms with van der Waals surface area (Å²) >= 11 is 1.34. The molecule has 1 amide bonds. The Morgan fingerprint density at radius 3 is 2.74 bits per heavy atom. The zero-order valence-electron chi connectivity index (χ0n) is 15.1. The van der Waals surface area contributed by atoms with Crippen molar-refractivity contribution in [1.29, 1.82) is 0 Å². The van der Waals surface area contributed by atoms with Crippen LogP contribution < -0.4 is 15.6 Å². The highest BCUT2D eigenvalue weighted by Crippen LogP contribution is 2.41. The molecule has 140 valence electrons. The minimum atomic E-state index is -0.395. The number of carbonyl (C=O) groups is 1. The van der Waals surface area contributed by atoms with Crippen LogP contribution in [0.25, 0.3) is 4.96 Å². The molecule has 0 bridgehead atoms. The van der Waals surface area contributed by atoms with Crippen molar-refractivity contribution < 1.29 is 9.53 Å². The predicted octanol–water partition coefficient (Wildman–Crippen LogP) is 3.01. The van der Waals surface area contributed by atoms with Gasteiger partial charge < -0.3 is 10.1 Å². The van der Waals surface area contributed by atoms with E-state index in [9.17, 15) is 9.59 Å². The summed E-state index contributed by atoms with van der Waals surface area (Å²) in [6.07, 6.45) is 6.11. The predicted molar refractivity (Wildman–Crippen MR) is 105 cm³/mol. The molecule has 1 aromatic carbocycles. The third kappa shape index (κ3) is 3.35. The molecule has 27 heavy (non-hydrogen) atoms. The molecule has 0 atom stereocenters. The van der Waals surface area contributed by atoms with Gasteiger partial charge in [-0.3, -0.25) is 14.0 Å². The molecule has 4 rings (SSSR count). The van der Waals surface area contributed by atoms with Crippen LogP contribution in [0.4, 0.5) is 0 Å². The van der Waals surface area contributed by atoms with E-state index in [-0.39, 0.29) is 11.3 Å². The zero-order chi connectivity index (χ0) is 18.9. The number of aromatic nitrogens is 2. The molecule has 0 spiro atoms. The second-order valence-electron chi connectivity index (χ2n) is 6.93. The lowest BCUT2D eigenvalue weighted by Gasteiger charge is -2.30. The monoisotopic (exact) mass is 383 g/mol. The molecule has 3 aromatic rings. The van der Waals surface area contributed by atoms with Crippen molar-refractivity contribution >= 4 is 22.2 Å². The molecule has 0 saturated heterocycles. The number of ether oxygens (including phenoxy) is 1. The van der Waals surface area contributed by atoms with Gasteiger partial charge in [0.2, 0.25) is 0 Å². The standard InChI is InChI=1S/C20H21N3O3S/c1-26-15-6-4-14(5-7-15)20(8-2-3-9-20)13-21-18(25)16-12-17(24)22-19-23(16)10-11-27-19/h4-7,10-12H,2-3,8-9,13H2,1H3,(H,21,25). The second-order valence-corrected chi connectivity index (χ2v) is 7.81. The van der Waals surface area contributed by atoms with E-state index in [0.717, 1.165) is 31.4 Å². The molecule has 0 radical (unpaired) electrons. The number of fused-ring (bicyclic) bond motifs is 1. The van der Waals surface area contributed by atoms with Gasteiger partial charge in [-0.05, 0) is 30.5 Å². The number of nitrogens with zero attached hydrogens (tertiary/aromatic N) is 2. The Kier molecular flexibility index (Phi) is 4.70. The summed E-state index contributed by atoms with van der Waals surface area (Å²) in [5, 5.41) is 4.88. The van der Waals surface area contributed by atoms with Crippen molar-refractivity contribution in [2.24, 2.45) is 0 Å². The number of hydrogen-bond donors (Lipinski definition) is 1. The first-order valence-electron chi connectivity index (χ1n) is 9.01. The first-order valence-corrected chi connectivity index (χ1v) is 9.89. The summed E-state index contributed by atoms with van der Waals surface area (Å²) < 4.78 is 6.92. The Labute approximate surface area is 160 Å². The van der Waals surface area contributed by atoms with Gasteiger partial charge in [-0.25, -0.2) is 0 Å². The Hall–Kier alpha value is -2.67. The summed E-state index contributed by atoms with van der Waals surface area (Å²) in [7, 11) is 1.66. The summed E-state index contributed by atoms with van der Waals surface area (Å²) in [6, 6.07) is 9.40. The van der Waals surface area contributed by atoms with E-state index in [2.05, 4.69) is 22.4 Å². The van der Waals surface area contributed by atoms with Crippen LogP contribution in [0, 0.1) is 0 Å². The topological polar surface area (TPSA) is 72.7 Å². The molecule has 0 unspecified atom stereocenters. The third-order valence-electron chi connectivity index (χ3n) is 5.40. The van der Waals surface area contributed by atoms with Gasteiger partial charge in [0.25, 0.3) is 11.5 Å². The smallest absolute Gasteiger partial charge is 0.274 e. The molecule has 0 aliphatic heterocycles. The number of nitrogens with one attached hydrogen (secondary N) is 1. The minimum Gasteiger partial charge on any atom is -0.497 e. The summed E-state index contributed by atoms with van der Waals surface area (Å²) in [4.78, 5) is 29.1. The van der Waals surface area contributed by atoms with Crippen molar-refractivity contribution in [3.63, 3.8) is 0 Å². The summed E-state index contributed by atoms with van der Waals surface area (Å²) in [5.41, 5.74) is 1.07. The summed E-state index contributed by atoms with van der Waals surface area (Å²) in [6.45, 7) is 0.543. The van der Waals surface area contributed by atoms with Crippen LogP contribution in [0.3, 0.4) is 0 Å². The summed E-state index contributed by atoms with van der Waals surface area (Å²) in [5.74, 6) is 0.578. The lowest BCUT2D eigenvalue weighted by atomic mass is 9.78. The maximum Gasteiger partial charge on any atom is 0.274 e. The number of methoxy groups -OCH3 is 1. The average molecular weight is 383 g/mol. The van der Waals surface area contributed by atoms with E-state index in [0.29, 0.717) is 17.2 Å². The SMILES string of the molecule is COc1ccc(C2(CNC(=O)c3cc(=O)nc4sccn34)CCCC2)cc1. The maximum absolute atomic E-state index is 12.8. The highest BCUT2D eigenvalue weighted by atomic mass is 32.1. The maximum atomic E-state index is 12.8. The van der Waals surface area contributed by atoms with Gasteiger partial charge in [0.15, 0.2) is 4.96 Å². The fourth-order valence-electron chi connectivity index (χ4n) is 3.93. The minimum absolute atomic E-state index is 0.0757. The van der Waals surface area contributed by atoms with Crippen molar-refractivity contribution in [3.8, 4) is 5.75 Å². The third-order valence-corrected chi connectivity index (χ3v) is 6.15. The Bertz CT molecular complexity index is 1020. The molecule has 7 heteroatoms. The van der Waals surface area contributed by atoms with Crippen molar-refractivity contribution in [2.45, 2.75) is 31.1 Å². The quantitative estimate of drug-likeness (QED) is 0.735. The number of thiazole rings is 1. The van der Waals surface area contributed by atoms with Gasteiger partial charge in [0.05, 0.1) is 7.11 Å². The number of amides is 1. The Morgan fingerprint density at radius 1 is 1.30 bits per heavy atom. The van der Waals surface area contributed by atoms with Crippen LogP contribution in [-0.2, 0) is 5.41 Å². The van der Waals surface area contributed by atoms with Gasteiger partial charge in [-0.2, -0.15) is 4.98 Å². The first-order chi connectivity index (χ1) is 13.1. The fraction of sp³-hybridized carbons (Fsp3) is 0.350. The molecule has 1 N–H and O–H groups in total. The van der Waals surface area contributed by atoms with Gasteiger partial charge in [0.1, 0.15) is 11.4 Å². The molecule has 1 fully saturated rings. The highest BCUT2D eigenvalue weighted by Gasteiger charge is 2.36. The molecule has 2 aromatic heterocycles. The number of hydrogen-bond acceptors (Lipinski definition) is 5. The largest absolute Gasteiger partial charge is 0.497 e. The number of carbonyl (C=O) groups excluding carboxylic acids is 1. The van der Waals surface area contributed by atoms with E-state index >= 15 is 0 Å². The molecule has 1 aliphatic rings. The van der Waals surface area contributed by atoms with Crippen LogP contribution in [-0.4, -0.2) is 28.9 Å². The highest BCUT2D eigenvalue weighted by molar-refractivity contribution is 7.15. The lowest BCUT2D eigenvalue weighted by molar-refractivity contribution is 0.0936. The average Bonchev–Trinajstić information content (AvgIpc) is 3.35. The van der Waals surface area contributed by atoms with Crippen LogP contribution >= 0.6 is 11.3 Å². The normalized spacial score (nSPS) is 15.7. The Balaban J connectivity index is 1.58. The molecule has 1 saturated carbocycles. The molecular formula is C20H21N3O3S. The lowest BCUT2D eigenvalue weighted by Crippen LogP contribution is -2.39. The molecule has 6 nitrogen and oxygen atoms in total. The zero-order valence-corrected chi connectivity index (χ0v) is 15.9. The van der Waals surface area contributed by atoms with Crippen LogP contribution in [0.2, 0.25) is 0 Å². The molecule has 2 heterocycles. The van der Waals surface area contributed by atoms with Crippen LogP contribution in [0.5, 0.6) is 5.75 Å². The fourth-order valence-corrected chi connectivity index (χ4v) is 4.65. The van der Waals surface area contributed by atoms with Gasteiger partial charge in [0, 0.05) is 29.6 Å². The van der Waals surface area contributed by atoms with Gasteiger partial charge in [-0.1, -0.05) is 25.0 Å². The molecular weight excluding hydrogens is 362 g/mol. The van der Waals surface area contributed by atoms with Crippen LogP contribution in [0.15, 0.2) is 46.7 Å². The Morgan fingerprint density at radius 2 is 2.04 bits per heavy atom. The van der Waals surface area contributed by atoms with E-state index in [1.807, 2.05) is 17.5 Å². The van der Waals surface area contributed by atoms with Crippen LogP contribution in [0.1, 0.15) is 41.7 Å². The van der Waals surface area contributed by atoms with Crippen molar-refractivity contribution in [1.82, 2.24) is 14.7 Å². The van der Waals surface area contributed by atoms with Crippen molar-refractivity contribution in [2.75, 3.05) is 13.7 Å². The van der Waals surface area contributed by atoms with E-state index < -0.39 is 5.56 Å².